The molecule has 2 N–H and O–H groups in total. The van der Waals surface area contributed by atoms with Crippen molar-refractivity contribution in [3.05, 3.63) is 0 Å². The second-order valence-electron chi connectivity index (χ2n) is 6.53. The summed E-state index contributed by atoms with van der Waals surface area (Å²) in [6, 6.07) is 0. The number of amides is 1. The van der Waals surface area contributed by atoms with E-state index in [1.54, 1.807) is 6.92 Å². The fraction of sp³-hybridized carbons (Fsp3) is 0.917. The Kier molecular flexibility index (Phi) is 2.58. The van der Waals surface area contributed by atoms with Crippen LogP contribution in [0.25, 0.3) is 0 Å². The molecule has 2 aliphatic rings. The monoisotopic (exact) mass is 242 g/mol. The summed E-state index contributed by atoms with van der Waals surface area (Å²) in [6.07, 6.45) is 0.748. The molecule has 1 spiro atoms. The highest BCUT2D eigenvalue weighted by atomic mass is 16.6. The van der Waals surface area contributed by atoms with Crippen LogP contribution < -0.4 is 5.32 Å². The van der Waals surface area contributed by atoms with Gasteiger partial charge >= 0.3 is 0 Å². The highest BCUT2D eigenvalue weighted by Gasteiger charge is 2.57. The first kappa shape index (κ1) is 12.8. The van der Waals surface area contributed by atoms with E-state index in [1.165, 1.54) is 5.06 Å². The van der Waals surface area contributed by atoms with Gasteiger partial charge in [-0.05, 0) is 34.6 Å². The van der Waals surface area contributed by atoms with Gasteiger partial charge in [-0.2, -0.15) is 5.06 Å². The number of nitrogens with one attached hydrogen (secondary N) is 1. The molecule has 98 valence electrons. The van der Waals surface area contributed by atoms with Crippen molar-refractivity contribution in [1.29, 1.82) is 0 Å². The van der Waals surface area contributed by atoms with Gasteiger partial charge in [-0.25, -0.2) is 0 Å². The Hall–Kier alpha value is -0.650. The molecule has 5 heteroatoms. The van der Waals surface area contributed by atoms with Gasteiger partial charge in [0.05, 0.1) is 0 Å². The molecule has 5 nitrogen and oxygen atoms in total. The average Bonchev–Trinajstić information content (AvgIpc) is 2.36. The van der Waals surface area contributed by atoms with Crippen LogP contribution in [0.2, 0.25) is 0 Å². The minimum atomic E-state index is -0.636. The van der Waals surface area contributed by atoms with E-state index in [2.05, 4.69) is 5.32 Å². The first-order valence-corrected chi connectivity index (χ1v) is 6.07. The number of rotatable bonds is 0. The predicted octanol–water partition coefficient (Wildman–Crippen LogP) is 1.26. The number of hydroxylamine groups is 2. The number of piperidine rings is 1. The molecule has 2 fully saturated rings. The zero-order valence-corrected chi connectivity index (χ0v) is 11.2. The van der Waals surface area contributed by atoms with Gasteiger partial charge in [0.25, 0.3) is 5.91 Å². The molecule has 0 bridgehead atoms. The maximum Gasteiger partial charge on any atom is 0.251 e. The minimum Gasteiger partial charge on any atom is -0.343 e. The third-order valence-corrected chi connectivity index (χ3v) is 3.71. The van der Waals surface area contributed by atoms with Crippen LogP contribution in [0.1, 0.15) is 47.5 Å². The van der Waals surface area contributed by atoms with Gasteiger partial charge < -0.3 is 15.3 Å². The predicted molar refractivity (Wildman–Crippen MR) is 62.4 cm³/mol. The molecule has 0 radical (unpaired) electrons. The maximum atomic E-state index is 11.6. The first-order chi connectivity index (χ1) is 7.58. The highest BCUT2D eigenvalue weighted by Crippen LogP contribution is 2.44. The Morgan fingerprint density at radius 1 is 1.29 bits per heavy atom. The van der Waals surface area contributed by atoms with E-state index in [-0.39, 0.29) is 5.91 Å². The first-order valence-electron chi connectivity index (χ1n) is 6.07. The molecule has 0 aliphatic carbocycles. The second kappa shape index (κ2) is 3.43. The lowest BCUT2D eigenvalue weighted by Gasteiger charge is -2.54. The minimum absolute atomic E-state index is 0.0667. The number of nitrogens with zero attached hydrogens (tertiary/aromatic N) is 1. The summed E-state index contributed by atoms with van der Waals surface area (Å²) in [7, 11) is 0. The Labute approximate surface area is 102 Å². The molecule has 2 heterocycles. The van der Waals surface area contributed by atoms with Gasteiger partial charge in [0.2, 0.25) is 0 Å². The van der Waals surface area contributed by atoms with Crippen LogP contribution in [0.15, 0.2) is 0 Å². The smallest absolute Gasteiger partial charge is 0.251 e. The van der Waals surface area contributed by atoms with Gasteiger partial charge in [-0.3, -0.25) is 4.79 Å². The van der Waals surface area contributed by atoms with E-state index in [9.17, 15) is 10.0 Å². The molecule has 2 rings (SSSR count). The number of carbonyl (C=O) groups is 1. The topological polar surface area (TPSA) is 61.8 Å². The lowest BCUT2D eigenvalue weighted by Crippen LogP contribution is -2.67. The second-order valence-corrected chi connectivity index (χ2v) is 6.53. The van der Waals surface area contributed by atoms with Crippen LogP contribution >= 0.6 is 0 Å². The molecule has 1 unspecified atom stereocenters. The lowest BCUT2D eigenvalue weighted by molar-refractivity contribution is -0.281. The van der Waals surface area contributed by atoms with Crippen LogP contribution in [0.4, 0.5) is 0 Å². The van der Waals surface area contributed by atoms with Crippen molar-refractivity contribution < 1.29 is 14.7 Å². The van der Waals surface area contributed by atoms with Crippen molar-refractivity contribution in [3.8, 4) is 0 Å². The Morgan fingerprint density at radius 2 is 1.76 bits per heavy atom. The van der Waals surface area contributed by atoms with E-state index in [1.807, 2.05) is 27.7 Å². The molecule has 17 heavy (non-hydrogen) atoms. The zero-order chi connectivity index (χ0) is 13.1. The van der Waals surface area contributed by atoms with Crippen LogP contribution in [0, 0.1) is 0 Å². The van der Waals surface area contributed by atoms with Gasteiger partial charge in [-0.15, -0.1) is 0 Å². The van der Waals surface area contributed by atoms with Crippen LogP contribution in [-0.2, 0) is 9.53 Å². The third kappa shape index (κ3) is 1.96. The van der Waals surface area contributed by atoms with Crippen molar-refractivity contribution in [1.82, 2.24) is 10.4 Å². The molecule has 0 aromatic carbocycles. The lowest BCUT2D eigenvalue weighted by atomic mass is 9.76. The fourth-order valence-electron chi connectivity index (χ4n) is 3.35. The van der Waals surface area contributed by atoms with Crippen molar-refractivity contribution in [2.75, 3.05) is 0 Å². The van der Waals surface area contributed by atoms with E-state index in [0.717, 1.165) is 0 Å². The van der Waals surface area contributed by atoms with E-state index >= 15 is 0 Å². The van der Waals surface area contributed by atoms with E-state index in [4.69, 9.17) is 4.74 Å². The summed E-state index contributed by atoms with van der Waals surface area (Å²) in [5, 5.41) is 14.5. The molecule has 1 amide bonds. The normalized spacial score (nSPS) is 34.9. The van der Waals surface area contributed by atoms with Crippen LogP contribution in [0.3, 0.4) is 0 Å². The molecule has 0 aromatic heterocycles. The molecule has 2 aliphatic heterocycles. The zero-order valence-electron chi connectivity index (χ0n) is 11.2. The van der Waals surface area contributed by atoms with E-state index in [0.29, 0.717) is 12.8 Å². The number of hydrogen-bond donors (Lipinski definition) is 2. The van der Waals surface area contributed by atoms with Gasteiger partial charge in [0, 0.05) is 23.9 Å². The van der Waals surface area contributed by atoms with Crippen molar-refractivity contribution in [2.24, 2.45) is 0 Å². The standard InChI is InChI=1S/C12H22N2O3/c1-8-9(15)13-12(17-8)6-10(2,3)14(16)11(4,5)7-12/h8,16H,6-7H2,1-5H3,(H,13,15). The molecule has 0 saturated carbocycles. The summed E-state index contributed by atoms with van der Waals surface area (Å²) in [5.41, 5.74) is -1.50. The molecule has 0 aromatic rings. The largest absolute Gasteiger partial charge is 0.343 e. The summed E-state index contributed by atoms with van der Waals surface area (Å²) in [4.78, 5) is 11.6. The van der Waals surface area contributed by atoms with Crippen molar-refractivity contribution >= 4 is 5.91 Å². The Morgan fingerprint density at radius 3 is 2.12 bits per heavy atom. The average molecular weight is 242 g/mol. The molecular weight excluding hydrogens is 220 g/mol. The fourth-order valence-corrected chi connectivity index (χ4v) is 3.35. The van der Waals surface area contributed by atoms with Crippen molar-refractivity contribution in [3.63, 3.8) is 0 Å². The highest BCUT2D eigenvalue weighted by molar-refractivity contribution is 5.82. The van der Waals surface area contributed by atoms with Crippen LogP contribution in [-0.4, -0.2) is 39.1 Å². The van der Waals surface area contributed by atoms with Gasteiger partial charge in [-0.1, -0.05) is 0 Å². The summed E-state index contributed by atoms with van der Waals surface area (Å²) in [6.45, 7) is 9.57. The van der Waals surface area contributed by atoms with Crippen molar-refractivity contribution in [2.45, 2.75) is 70.4 Å². The Balaban J connectivity index is 2.31. The maximum absolute atomic E-state index is 11.6. The summed E-state index contributed by atoms with van der Waals surface area (Å²) in [5.74, 6) is -0.0667. The summed E-state index contributed by atoms with van der Waals surface area (Å²) >= 11 is 0. The SMILES string of the molecule is CC1OC2(CC(C)(C)N(O)C(C)(C)C2)NC1=O. The quantitative estimate of drug-likeness (QED) is 0.671. The molecule has 1 atom stereocenters. The number of carbonyl (C=O) groups excluding carboxylic acids is 1. The molecule has 2 saturated heterocycles. The number of ether oxygens (including phenoxy) is 1. The van der Waals surface area contributed by atoms with E-state index < -0.39 is 22.9 Å². The third-order valence-electron chi connectivity index (χ3n) is 3.71. The molecular formula is C12H22N2O3. The summed E-state index contributed by atoms with van der Waals surface area (Å²) < 4.78 is 5.82. The van der Waals surface area contributed by atoms with Gasteiger partial charge in [0.1, 0.15) is 11.8 Å². The van der Waals surface area contributed by atoms with Crippen LogP contribution in [0.5, 0.6) is 0 Å². The Bertz CT molecular complexity index is 334. The van der Waals surface area contributed by atoms with Gasteiger partial charge in [0.15, 0.2) is 0 Å². The number of hydrogen-bond acceptors (Lipinski definition) is 4.